The summed E-state index contributed by atoms with van der Waals surface area (Å²) >= 11 is 3.27. The van der Waals surface area contributed by atoms with Gasteiger partial charge in [0.15, 0.2) is 0 Å². The number of hydrogen-bond acceptors (Lipinski definition) is 5. The second kappa shape index (κ2) is 7.99. The Morgan fingerprint density at radius 3 is 2.28 bits per heavy atom. The van der Waals surface area contributed by atoms with Gasteiger partial charge in [-0.15, -0.1) is 22.7 Å². The van der Waals surface area contributed by atoms with Crippen LogP contribution in [0.1, 0.15) is 22.6 Å². The van der Waals surface area contributed by atoms with Crippen LogP contribution in [0.4, 0.5) is 0 Å². The summed E-state index contributed by atoms with van der Waals surface area (Å²) in [4.78, 5) is 17.3. The fraction of sp³-hybridized carbons (Fsp3) is 0.471. The van der Waals surface area contributed by atoms with E-state index >= 15 is 0 Å². The number of nitrogens with zero attached hydrogens (tertiary/aromatic N) is 2. The van der Waals surface area contributed by atoms with Crippen molar-refractivity contribution in [3.8, 4) is 0 Å². The van der Waals surface area contributed by atoms with Gasteiger partial charge >= 0.3 is 0 Å². The fourth-order valence-corrected chi connectivity index (χ4v) is 5.45. The molecular formula is C17H22N2O3S3. The van der Waals surface area contributed by atoms with Gasteiger partial charge in [0.1, 0.15) is 0 Å². The van der Waals surface area contributed by atoms with Crippen LogP contribution in [0, 0.1) is 5.92 Å². The average Bonchev–Trinajstić information content (AvgIpc) is 3.27. The molecule has 0 bridgehead atoms. The number of carbonyl (C=O) groups is 1. The van der Waals surface area contributed by atoms with Crippen LogP contribution in [-0.4, -0.2) is 42.9 Å². The highest BCUT2D eigenvalue weighted by Gasteiger charge is 2.32. The third-order valence-electron chi connectivity index (χ3n) is 4.37. The first-order chi connectivity index (χ1) is 11.9. The number of rotatable bonds is 6. The van der Waals surface area contributed by atoms with E-state index in [1.165, 1.54) is 10.6 Å². The maximum atomic E-state index is 13.1. The van der Waals surface area contributed by atoms with E-state index in [4.69, 9.17) is 0 Å². The van der Waals surface area contributed by atoms with Crippen molar-refractivity contribution in [2.75, 3.05) is 19.3 Å². The van der Waals surface area contributed by atoms with E-state index in [9.17, 15) is 13.2 Å². The van der Waals surface area contributed by atoms with Crippen molar-refractivity contribution in [1.82, 2.24) is 9.21 Å². The second-order valence-electron chi connectivity index (χ2n) is 6.31. The van der Waals surface area contributed by atoms with Gasteiger partial charge in [-0.05, 0) is 35.7 Å². The third-order valence-corrected chi connectivity index (χ3v) is 7.36. The van der Waals surface area contributed by atoms with Crippen molar-refractivity contribution in [1.29, 1.82) is 0 Å². The maximum Gasteiger partial charge on any atom is 0.227 e. The first kappa shape index (κ1) is 18.6. The number of thiophene rings is 2. The van der Waals surface area contributed by atoms with Crippen molar-refractivity contribution >= 4 is 38.6 Å². The molecule has 0 aliphatic carbocycles. The van der Waals surface area contributed by atoms with E-state index in [1.54, 1.807) is 22.7 Å². The molecule has 2 aromatic rings. The molecule has 1 atom stereocenters. The number of amides is 1. The average molecular weight is 399 g/mol. The highest BCUT2D eigenvalue weighted by Crippen LogP contribution is 2.24. The molecule has 136 valence electrons. The normalized spacial score (nSPS) is 19.0. The summed E-state index contributed by atoms with van der Waals surface area (Å²) in [5.41, 5.74) is 0. The Kier molecular flexibility index (Phi) is 5.93. The lowest BCUT2D eigenvalue weighted by molar-refractivity contribution is -0.137. The molecule has 8 heteroatoms. The SMILES string of the molecule is CS(=O)(=O)N1CCCC(C(=O)N(Cc2cccs2)Cc2cccs2)C1. The van der Waals surface area contributed by atoms with Crippen molar-refractivity contribution in [2.45, 2.75) is 25.9 Å². The van der Waals surface area contributed by atoms with Crippen LogP contribution in [0.25, 0.3) is 0 Å². The van der Waals surface area contributed by atoms with E-state index < -0.39 is 10.0 Å². The van der Waals surface area contributed by atoms with Gasteiger partial charge in [0, 0.05) is 22.8 Å². The van der Waals surface area contributed by atoms with Crippen LogP contribution in [0.3, 0.4) is 0 Å². The minimum atomic E-state index is -3.25. The van der Waals surface area contributed by atoms with Crippen molar-refractivity contribution in [2.24, 2.45) is 5.92 Å². The quantitative estimate of drug-likeness (QED) is 0.752. The molecule has 3 heterocycles. The Hall–Kier alpha value is -1.22. The minimum absolute atomic E-state index is 0.0511. The maximum absolute atomic E-state index is 13.1. The zero-order valence-electron chi connectivity index (χ0n) is 14.1. The van der Waals surface area contributed by atoms with Crippen LogP contribution < -0.4 is 0 Å². The van der Waals surface area contributed by atoms with Crippen molar-refractivity contribution in [3.05, 3.63) is 44.8 Å². The van der Waals surface area contributed by atoms with Crippen LogP contribution in [0.5, 0.6) is 0 Å². The van der Waals surface area contributed by atoms with Gasteiger partial charge in [-0.25, -0.2) is 12.7 Å². The molecule has 1 fully saturated rings. The molecule has 0 N–H and O–H groups in total. The standard InChI is InChI=1S/C17H22N2O3S3/c1-25(21,22)19-8-2-5-14(11-19)17(20)18(12-15-6-3-9-23-15)13-16-7-4-10-24-16/h3-4,6-7,9-10,14H,2,5,8,11-13H2,1H3. The molecule has 0 spiro atoms. The van der Waals surface area contributed by atoms with Crippen LogP contribution in [0.2, 0.25) is 0 Å². The van der Waals surface area contributed by atoms with Crippen LogP contribution >= 0.6 is 22.7 Å². The van der Waals surface area contributed by atoms with Crippen molar-refractivity contribution in [3.63, 3.8) is 0 Å². The van der Waals surface area contributed by atoms with E-state index in [0.29, 0.717) is 26.2 Å². The van der Waals surface area contributed by atoms with Gasteiger partial charge in [0.25, 0.3) is 0 Å². The molecule has 2 aromatic heterocycles. The molecule has 1 aliphatic rings. The van der Waals surface area contributed by atoms with E-state index in [2.05, 4.69) is 0 Å². The van der Waals surface area contributed by atoms with E-state index in [1.807, 2.05) is 39.9 Å². The molecule has 0 saturated carbocycles. The van der Waals surface area contributed by atoms with Gasteiger partial charge in [-0.2, -0.15) is 0 Å². The summed E-state index contributed by atoms with van der Waals surface area (Å²) < 4.78 is 25.1. The van der Waals surface area contributed by atoms with E-state index in [-0.39, 0.29) is 11.8 Å². The van der Waals surface area contributed by atoms with Crippen molar-refractivity contribution < 1.29 is 13.2 Å². The summed E-state index contributed by atoms with van der Waals surface area (Å²) in [5, 5.41) is 4.02. The minimum Gasteiger partial charge on any atom is -0.332 e. The number of carbonyl (C=O) groups excluding carboxylic acids is 1. The topological polar surface area (TPSA) is 57.7 Å². The fourth-order valence-electron chi connectivity index (χ4n) is 3.10. The highest BCUT2D eigenvalue weighted by molar-refractivity contribution is 7.88. The molecule has 0 radical (unpaired) electrons. The van der Waals surface area contributed by atoms with Crippen LogP contribution in [0.15, 0.2) is 35.0 Å². The van der Waals surface area contributed by atoms with Gasteiger partial charge in [0.05, 0.1) is 25.3 Å². The zero-order chi connectivity index (χ0) is 17.9. The molecule has 5 nitrogen and oxygen atoms in total. The lowest BCUT2D eigenvalue weighted by atomic mass is 9.98. The Morgan fingerprint density at radius 1 is 1.20 bits per heavy atom. The number of hydrogen-bond donors (Lipinski definition) is 0. The molecule has 3 rings (SSSR count). The second-order valence-corrected chi connectivity index (χ2v) is 10.4. The third kappa shape index (κ3) is 4.91. The Morgan fingerprint density at radius 2 is 1.80 bits per heavy atom. The summed E-state index contributed by atoms with van der Waals surface area (Å²) in [5.74, 6) is -0.210. The lowest BCUT2D eigenvalue weighted by Gasteiger charge is -2.33. The van der Waals surface area contributed by atoms with E-state index in [0.717, 1.165) is 22.6 Å². The Balaban J connectivity index is 1.75. The predicted octanol–water partition coefficient (Wildman–Crippen LogP) is 3.01. The first-order valence-electron chi connectivity index (χ1n) is 8.22. The van der Waals surface area contributed by atoms with Gasteiger partial charge in [-0.3, -0.25) is 4.79 Å². The molecule has 1 aliphatic heterocycles. The smallest absolute Gasteiger partial charge is 0.227 e. The number of piperidine rings is 1. The monoisotopic (exact) mass is 398 g/mol. The Bertz CT molecular complexity index is 749. The first-order valence-corrected chi connectivity index (χ1v) is 11.8. The number of sulfonamides is 1. The highest BCUT2D eigenvalue weighted by atomic mass is 32.2. The molecule has 0 aromatic carbocycles. The molecule has 1 amide bonds. The lowest BCUT2D eigenvalue weighted by Crippen LogP contribution is -2.46. The summed E-state index contributed by atoms with van der Waals surface area (Å²) in [7, 11) is -3.25. The Labute approximate surface area is 156 Å². The predicted molar refractivity (Wildman–Crippen MR) is 102 cm³/mol. The summed E-state index contributed by atoms with van der Waals surface area (Å²) in [6.07, 6.45) is 2.69. The zero-order valence-corrected chi connectivity index (χ0v) is 16.6. The molecular weight excluding hydrogens is 376 g/mol. The van der Waals surface area contributed by atoms with Crippen LogP contribution in [-0.2, 0) is 27.9 Å². The molecule has 1 saturated heterocycles. The largest absolute Gasteiger partial charge is 0.332 e. The van der Waals surface area contributed by atoms with Gasteiger partial charge in [0.2, 0.25) is 15.9 Å². The molecule has 1 unspecified atom stereocenters. The molecule has 25 heavy (non-hydrogen) atoms. The summed E-state index contributed by atoms with van der Waals surface area (Å²) in [6, 6.07) is 8.03. The van der Waals surface area contributed by atoms with Gasteiger partial charge in [-0.1, -0.05) is 12.1 Å². The van der Waals surface area contributed by atoms with Gasteiger partial charge < -0.3 is 4.90 Å². The summed E-state index contributed by atoms with van der Waals surface area (Å²) in [6.45, 7) is 1.95.